The summed E-state index contributed by atoms with van der Waals surface area (Å²) in [4.78, 5) is 15.7. The number of fused-ring (bicyclic) bond motifs is 10. The maximum absolute atomic E-state index is 5.32. The molecule has 51 heavy (non-hydrogen) atoms. The quantitative estimate of drug-likeness (QED) is 0.187. The fourth-order valence-corrected chi connectivity index (χ4v) is 8.97. The van der Waals surface area contributed by atoms with Crippen LogP contribution in [-0.4, -0.2) is 24.1 Å². The van der Waals surface area contributed by atoms with Gasteiger partial charge >= 0.3 is 0 Å². The largest absolute Gasteiger partial charge is 0.309 e. The van der Waals surface area contributed by atoms with Crippen LogP contribution in [0.15, 0.2) is 164 Å². The highest BCUT2D eigenvalue weighted by molar-refractivity contribution is 7.26. The minimum absolute atomic E-state index is 0.595. The molecule has 0 radical (unpaired) electrons. The number of para-hydroxylation sites is 3. The Labute approximate surface area is 296 Å². The van der Waals surface area contributed by atoms with Crippen molar-refractivity contribution in [1.82, 2.24) is 24.1 Å². The van der Waals surface area contributed by atoms with Crippen molar-refractivity contribution in [3.05, 3.63) is 164 Å². The maximum Gasteiger partial charge on any atom is 0.238 e. The van der Waals surface area contributed by atoms with Gasteiger partial charge in [-0.2, -0.15) is 9.97 Å². The molecule has 0 amide bonds. The number of benzene rings is 7. The van der Waals surface area contributed by atoms with Crippen molar-refractivity contribution in [2.45, 2.75) is 0 Å². The van der Waals surface area contributed by atoms with E-state index in [1.807, 2.05) is 29.5 Å². The van der Waals surface area contributed by atoms with Gasteiger partial charge in [-0.05, 0) is 36.4 Å². The normalized spacial score (nSPS) is 11.9. The van der Waals surface area contributed by atoms with Gasteiger partial charge < -0.3 is 4.57 Å². The zero-order chi connectivity index (χ0) is 33.5. The van der Waals surface area contributed by atoms with Crippen LogP contribution in [0.25, 0.3) is 98.2 Å². The van der Waals surface area contributed by atoms with Crippen LogP contribution in [-0.2, 0) is 0 Å². The first-order valence-corrected chi connectivity index (χ1v) is 17.9. The lowest BCUT2D eigenvalue weighted by molar-refractivity contribution is 0.955. The molecule has 0 saturated heterocycles. The Bertz CT molecular complexity index is 3100. The van der Waals surface area contributed by atoms with E-state index in [1.54, 1.807) is 0 Å². The minimum atomic E-state index is 0.595. The molecule has 0 N–H and O–H groups in total. The molecule has 6 heteroatoms. The fourth-order valence-electron chi connectivity index (χ4n) is 7.73. The summed E-state index contributed by atoms with van der Waals surface area (Å²) in [6.45, 7) is 0. The van der Waals surface area contributed by atoms with Gasteiger partial charge in [0.2, 0.25) is 5.95 Å². The number of rotatable bonds is 4. The Kier molecular flexibility index (Phi) is 6.05. The van der Waals surface area contributed by atoms with Crippen molar-refractivity contribution < 1.29 is 0 Å². The summed E-state index contributed by atoms with van der Waals surface area (Å²) in [7, 11) is 0. The van der Waals surface area contributed by atoms with Crippen LogP contribution in [0.2, 0.25) is 0 Å². The highest BCUT2D eigenvalue weighted by Gasteiger charge is 2.21. The summed E-state index contributed by atoms with van der Waals surface area (Å²) in [5, 5.41) is 7.31. The van der Waals surface area contributed by atoms with E-state index in [0.717, 1.165) is 38.9 Å². The second kappa shape index (κ2) is 10.9. The third-order valence-corrected chi connectivity index (χ3v) is 11.2. The number of hydrogen-bond donors (Lipinski definition) is 0. The average molecular weight is 670 g/mol. The summed E-state index contributed by atoms with van der Waals surface area (Å²) < 4.78 is 7.07. The third-order valence-electron chi connectivity index (χ3n) is 9.98. The van der Waals surface area contributed by atoms with Crippen molar-refractivity contribution in [3.63, 3.8) is 0 Å². The van der Waals surface area contributed by atoms with E-state index in [1.165, 1.54) is 41.7 Å². The van der Waals surface area contributed by atoms with Gasteiger partial charge in [-0.15, -0.1) is 11.3 Å². The Balaban J connectivity index is 1.20. The van der Waals surface area contributed by atoms with Crippen LogP contribution >= 0.6 is 11.3 Å². The maximum atomic E-state index is 5.32. The van der Waals surface area contributed by atoms with Crippen molar-refractivity contribution in [2.75, 3.05) is 0 Å². The number of nitrogens with zero attached hydrogens (tertiary/aromatic N) is 5. The van der Waals surface area contributed by atoms with Gasteiger partial charge in [0, 0.05) is 53.8 Å². The number of hydrogen-bond acceptors (Lipinski definition) is 4. The summed E-state index contributed by atoms with van der Waals surface area (Å²) in [6.07, 6.45) is 0. The lowest BCUT2D eigenvalue weighted by Gasteiger charge is -2.13. The van der Waals surface area contributed by atoms with Gasteiger partial charge in [0.15, 0.2) is 11.6 Å². The molecule has 0 bridgehead atoms. The smallest absolute Gasteiger partial charge is 0.238 e. The molecule has 11 rings (SSSR count). The van der Waals surface area contributed by atoms with E-state index < -0.39 is 0 Å². The standard InChI is InChI=1S/C45H27N5S/c1-2-13-28(14-3-1)43-46-44(29-15-12-16-30(27-29)49-37-21-8-4-17-31(37)32-18-5-9-22-38(32)49)48-45(47-43)50-39-23-10-6-19-33(39)35-25-26-36-34-20-7-11-24-40(34)51-42(36)41(35)50/h1-27H. The topological polar surface area (TPSA) is 48.5 Å². The highest BCUT2D eigenvalue weighted by Crippen LogP contribution is 2.43. The third kappa shape index (κ3) is 4.24. The zero-order valence-corrected chi connectivity index (χ0v) is 28.0. The molecule has 0 aliphatic rings. The van der Waals surface area contributed by atoms with Crippen molar-refractivity contribution >= 4 is 75.1 Å². The molecule has 0 fully saturated rings. The van der Waals surface area contributed by atoms with Crippen LogP contribution in [0.5, 0.6) is 0 Å². The summed E-state index contributed by atoms with van der Waals surface area (Å²) in [5.74, 6) is 1.85. The summed E-state index contributed by atoms with van der Waals surface area (Å²) in [6, 6.07) is 57.7. The second-order valence-corrected chi connectivity index (χ2v) is 13.9. The van der Waals surface area contributed by atoms with Crippen LogP contribution in [0.4, 0.5) is 0 Å². The zero-order valence-electron chi connectivity index (χ0n) is 27.2. The van der Waals surface area contributed by atoms with E-state index >= 15 is 0 Å². The molecule has 0 atom stereocenters. The Morgan fingerprint density at radius 2 is 0.941 bits per heavy atom. The molecule has 238 valence electrons. The van der Waals surface area contributed by atoms with Gasteiger partial charge in [-0.25, -0.2) is 4.98 Å². The van der Waals surface area contributed by atoms with Gasteiger partial charge in [-0.3, -0.25) is 4.57 Å². The average Bonchev–Trinajstić information content (AvgIpc) is 3.86. The first-order chi connectivity index (χ1) is 25.3. The first-order valence-electron chi connectivity index (χ1n) is 17.0. The molecule has 4 aromatic heterocycles. The number of aromatic nitrogens is 5. The van der Waals surface area contributed by atoms with Crippen LogP contribution in [0, 0.1) is 0 Å². The molecule has 7 aromatic carbocycles. The van der Waals surface area contributed by atoms with Crippen molar-refractivity contribution in [3.8, 4) is 34.4 Å². The lowest BCUT2D eigenvalue weighted by atomic mass is 10.1. The lowest BCUT2D eigenvalue weighted by Crippen LogP contribution is -2.06. The van der Waals surface area contributed by atoms with E-state index in [2.05, 4.69) is 155 Å². The SMILES string of the molecule is c1ccc(-c2nc(-c3cccc(-n4c5ccccc5c5ccccc54)c3)nc(-n3c4ccccc4c4ccc5c6ccccc6sc5c43)n2)cc1. The van der Waals surface area contributed by atoms with E-state index in [9.17, 15) is 0 Å². The molecule has 0 spiro atoms. The molecular weight excluding hydrogens is 643 g/mol. The van der Waals surface area contributed by atoms with Crippen LogP contribution in [0.3, 0.4) is 0 Å². The molecule has 5 nitrogen and oxygen atoms in total. The first kappa shape index (κ1) is 28.2. The molecular formula is C45H27N5S. The number of thiophene rings is 1. The molecule has 0 aliphatic carbocycles. The van der Waals surface area contributed by atoms with E-state index in [-0.39, 0.29) is 0 Å². The van der Waals surface area contributed by atoms with E-state index in [4.69, 9.17) is 15.0 Å². The predicted octanol–water partition coefficient (Wildman–Crippen LogP) is 11.8. The molecule has 11 aromatic rings. The van der Waals surface area contributed by atoms with Crippen LogP contribution < -0.4 is 0 Å². The summed E-state index contributed by atoms with van der Waals surface area (Å²) >= 11 is 1.82. The molecule has 0 saturated carbocycles. The van der Waals surface area contributed by atoms with E-state index in [0.29, 0.717) is 17.6 Å². The second-order valence-electron chi connectivity index (χ2n) is 12.9. The summed E-state index contributed by atoms with van der Waals surface area (Å²) in [5.41, 5.74) is 7.41. The van der Waals surface area contributed by atoms with Gasteiger partial charge in [0.1, 0.15) is 0 Å². The predicted molar refractivity (Wildman–Crippen MR) is 212 cm³/mol. The van der Waals surface area contributed by atoms with Crippen molar-refractivity contribution in [2.24, 2.45) is 0 Å². The monoisotopic (exact) mass is 669 g/mol. The Morgan fingerprint density at radius 3 is 1.67 bits per heavy atom. The molecule has 4 heterocycles. The Morgan fingerprint density at radius 1 is 0.392 bits per heavy atom. The highest BCUT2D eigenvalue weighted by atomic mass is 32.1. The van der Waals surface area contributed by atoms with Crippen LogP contribution in [0.1, 0.15) is 0 Å². The van der Waals surface area contributed by atoms with Gasteiger partial charge in [0.25, 0.3) is 0 Å². The van der Waals surface area contributed by atoms with Gasteiger partial charge in [0.05, 0.1) is 26.8 Å². The fraction of sp³-hybridized carbons (Fsp3) is 0. The minimum Gasteiger partial charge on any atom is -0.309 e. The molecule has 0 unspecified atom stereocenters. The Hall–Kier alpha value is -6.63. The van der Waals surface area contributed by atoms with Crippen molar-refractivity contribution in [1.29, 1.82) is 0 Å². The molecule has 0 aliphatic heterocycles. The van der Waals surface area contributed by atoms with Gasteiger partial charge in [-0.1, -0.05) is 127 Å².